The van der Waals surface area contributed by atoms with Gasteiger partial charge in [0.1, 0.15) is 0 Å². The number of nitrogens with zero attached hydrogens (tertiary/aromatic N) is 3. The van der Waals surface area contributed by atoms with Gasteiger partial charge in [0.25, 0.3) is 0 Å². The molecule has 0 saturated heterocycles. The predicted molar refractivity (Wildman–Crippen MR) is 72.6 cm³/mol. The molecule has 1 aromatic rings. The van der Waals surface area contributed by atoms with Crippen LogP contribution in [0, 0.1) is 0 Å². The SMILES string of the molecule is CCOC(=O)c1nnn(CCOCCO)c1C(C)(C)C. The molecule has 0 bridgehead atoms. The lowest BCUT2D eigenvalue weighted by atomic mass is 9.90. The molecular formula is C13H23N3O4. The van der Waals surface area contributed by atoms with Crippen molar-refractivity contribution >= 4 is 5.97 Å². The summed E-state index contributed by atoms with van der Waals surface area (Å²) >= 11 is 0. The highest BCUT2D eigenvalue weighted by molar-refractivity contribution is 5.88. The molecule has 0 saturated carbocycles. The van der Waals surface area contributed by atoms with Gasteiger partial charge in [0.2, 0.25) is 0 Å². The number of aromatic nitrogens is 3. The lowest BCUT2D eigenvalue weighted by Crippen LogP contribution is -2.24. The van der Waals surface area contributed by atoms with Crippen LogP contribution in [0.25, 0.3) is 0 Å². The summed E-state index contributed by atoms with van der Waals surface area (Å²) in [5, 5.41) is 16.6. The Morgan fingerprint density at radius 1 is 1.35 bits per heavy atom. The maximum Gasteiger partial charge on any atom is 0.360 e. The molecule has 0 amide bonds. The zero-order chi connectivity index (χ0) is 15.2. The van der Waals surface area contributed by atoms with Crippen LogP contribution in [0.3, 0.4) is 0 Å². The predicted octanol–water partition coefficient (Wildman–Crippen LogP) is 0.761. The van der Waals surface area contributed by atoms with Crippen molar-refractivity contribution in [2.24, 2.45) is 0 Å². The average Bonchev–Trinajstić information content (AvgIpc) is 2.79. The van der Waals surface area contributed by atoms with Crippen LogP contribution in [0.1, 0.15) is 43.9 Å². The Hall–Kier alpha value is -1.47. The average molecular weight is 285 g/mol. The molecule has 0 spiro atoms. The van der Waals surface area contributed by atoms with Gasteiger partial charge in [0.05, 0.1) is 38.7 Å². The van der Waals surface area contributed by atoms with E-state index in [4.69, 9.17) is 14.6 Å². The normalized spacial score (nSPS) is 11.7. The van der Waals surface area contributed by atoms with E-state index in [1.807, 2.05) is 20.8 Å². The number of rotatable bonds is 7. The van der Waals surface area contributed by atoms with Gasteiger partial charge >= 0.3 is 5.97 Å². The van der Waals surface area contributed by atoms with Gasteiger partial charge in [-0.3, -0.25) is 0 Å². The standard InChI is InChI=1S/C13H23N3O4/c1-5-20-12(18)10-11(13(2,3)4)16(15-14-10)6-8-19-9-7-17/h17H,5-9H2,1-4H3. The third kappa shape index (κ3) is 4.28. The largest absolute Gasteiger partial charge is 0.461 e. The number of aliphatic hydroxyl groups is 1. The van der Waals surface area contributed by atoms with Crippen molar-refractivity contribution in [2.75, 3.05) is 26.4 Å². The minimum atomic E-state index is -0.458. The van der Waals surface area contributed by atoms with E-state index in [2.05, 4.69) is 10.3 Å². The number of ether oxygens (including phenoxy) is 2. The van der Waals surface area contributed by atoms with Gasteiger partial charge in [0.15, 0.2) is 5.69 Å². The van der Waals surface area contributed by atoms with Crippen molar-refractivity contribution in [3.63, 3.8) is 0 Å². The summed E-state index contributed by atoms with van der Waals surface area (Å²) < 4.78 is 11.9. The molecule has 7 nitrogen and oxygen atoms in total. The van der Waals surface area contributed by atoms with E-state index in [1.54, 1.807) is 11.6 Å². The van der Waals surface area contributed by atoms with Gasteiger partial charge in [-0.1, -0.05) is 26.0 Å². The van der Waals surface area contributed by atoms with Crippen molar-refractivity contribution in [1.82, 2.24) is 15.0 Å². The van der Waals surface area contributed by atoms with Gasteiger partial charge in [-0.25, -0.2) is 9.48 Å². The highest BCUT2D eigenvalue weighted by atomic mass is 16.5. The molecule has 1 aromatic heterocycles. The van der Waals surface area contributed by atoms with Gasteiger partial charge in [-0.05, 0) is 6.92 Å². The number of hydrogen-bond acceptors (Lipinski definition) is 6. The van der Waals surface area contributed by atoms with Crippen molar-refractivity contribution in [3.05, 3.63) is 11.4 Å². The fraction of sp³-hybridized carbons (Fsp3) is 0.769. The fourth-order valence-electron chi connectivity index (χ4n) is 1.87. The lowest BCUT2D eigenvalue weighted by Gasteiger charge is -2.20. The van der Waals surface area contributed by atoms with Crippen molar-refractivity contribution < 1.29 is 19.4 Å². The Bertz CT molecular complexity index is 437. The van der Waals surface area contributed by atoms with Gasteiger partial charge in [0, 0.05) is 5.41 Å². The third-order valence-electron chi connectivity index (χ3n) is 2.60. The Balaban J connectivity index is 2.92. The van der Waals surface area contributed by atoms with Crippen LogP contribution in [-0.2, 0) is 21.4 Å². The second kappa shape index (κ2) is 7.35. The number of carbonyl (C=O) groups is 1. The summed E-state index contributed by atoms with van der Waals surface area (Å²) in [5.41, 5.74) is 0.688. The molecule has 114 valence electrons. The molecule has 20 heavy (non-hydrogen) atoms. The summed E-state index contributed by atoms with van der Waals surface area (Å²) in [7, 11) is 0. The molecule has 1 heterocycles. The van der Waals surface area contributed by atoms with Crippen molar-refractivity contribution in [3.8, 4) is 0 Å². The Morgan fingerprint density at radius 2 is 2.05 bits per heavy atom. The van der Waals surface area contributed by atoms with E-state index < -0.39 is 5.97 Å². The molecule has 1 rings (SSSR count). The van der Waals surface area contributed by atoms with Crippen molar-refractivity contribution in [2.45, 2.75) is 39.7 Å². The Morgan fingerprint density at radius 3 is 2.60 bits per heavy atom. The molecule has 0 unspecified atom stereocenters. The fourth-order valence-corrected chi connectivity index (χ4v) is 1.87. The van der Waals surface area contributed by atoms with Crippen LogP contribution in [0.4, 0.5) is 0 Å². The highest BCUT2D eigenvalue weighted by Gasteiger charge is 2.29. The maximum atomic E-state index is 11.9. The van der Waals surface area contributed by atoms with E-state index in [9.17, 15) is 4.79 Å². The summed E-state index contributed by atoms with van der Waals surface area (Å²) in [4.78, 5) is 11.9. The zero-order valence-electron chi connectivity index (χ0n) is 12.5. The zero-order valence-corrected chi connectivity index (χ0v) is 12.5. The van der Waals surface area contributed by atoms with Gasteiger partial charge < -0.3 is 14.6 Å². The van der Waals surface area contributed by atoms with E-state index in [0.29, 0.717) is 19.8 Å². The molecule has 0 atom stereocenters. The molecule has 0 fully saturated rings. The molecule has 0 aliphatic rings. The van der Waals surface area contributed by atoms with E-state index >= 15 is 0 Å². The first kappa shape index (κ1) is 16.6. The highest BCUT2D eigenvalue weighted by Crippen LogP contribution is 2.25. The Kier molecular flexibility index (Phi) is 6.09. The molecule has 0 radical (unpaired) electrons. The first-order valence-corrected chi connectivity index (χ1v) is 6.71. The summed E-state index contributed by atoms with van der Waals surface area (Å²) in [6, 6.07) is 0. The van der Waals surface area contributed by atoms with E-state index in [1.165, 1.54) is 0 Å². The molecule has 7 heteroatoms. The first-order valence-electron chi connectivity index (χ1n) is 6.71. The van der Waals surface area contributed by atoms with Gasteiger partial charge in [-0.15, -0.1) is 5.10 Å². The third-order valence-corrected chi connectivity index (χ3v) is 2.60. The number of carbonyl (C=O) groups excluding carboxylic acids is 1. The first-order chi connectivity index (χ1) is 9.41. The number of esters is 1. The molecule has 0 aromatic carbocycles. The second-order valence-corrected chi connectivity index (χ2v) is 5.32. The van der Waals surface area contributed by atoms with Crippen LogP contribution < -0.4 is 0 Å². The topological polar surface area (TPSA) is 86.5 Å². The van der Waals surface area contributed by atoms with E-state index in [-0.39, 0.29) is 24.3 Å². The Labute approximate surface area is 118 Å². The number of aliphatic hydroxyl groups excluding tert-OH is 1. The summed E-state index contributed by atoms with van der Waals surface area (Å²) in [6.45, 7) is 9.14. The van der Waals surface area contributed by atoms with Crippen LogP contribution >= 0.6 is 0 Å². The van der Waals surface area contributed by atoms with Crippen LogP contribution in [0.2, 0.25) is 0 Å². The number of hydrogen-bond donors (Lipinski definition) is 1. The smallest absolute Gasteiger partial charge is 0.360 e. The van der Waals surface area contributed by atoms with Crippen molar-refractivity contribution in [1.29, 1.82) is 0 Å². The lowest BCUT2D eigenvalue weighted by molar-refractivity contribution is 0.0516. The molecule has 1 N–H and O–H groups in total. The molecule has 0 aliphatic heterocycles. The monoisotopic (exact) mass is 285 g/mol. The second-order valence-electron chi connectivity index (χ2n) is 5.32. The summed E-state index contributed by atoms with van der Waals surface area (Å²) in [5.74, 6) is -0.458. The van der Waals surface area contributed by atoms with Crippen LogP contribution in [-0.4, -0.2) is 52.5 Å². The quantitative estimate of drug-likeness (QED) is 0.588. The molecule has 0 aliphatic carbocycles. The minimum absolute atomic E-state index is 0.0163. The molecular weight excluding hydrogens is 262 g/mol. The van der Waals surface area contributed by atoms with E-state index in [0.717, 1.165) is 5.69 Å². The van der Waals surface area contributed by atoms with Gasteiger partial charge in [-0.2, -0.15) is 0 Å². The maximum absolute atomic E-state index is 11.9. The summed E-state index contributed by atoms with van der Waals surface area (Å²) in [6.07, 6.45) is 0. The van der Waals surface area contributed by atoms with Crippen LogP contribution in [0.15, 0.2) is 0 Å². The minimum Gasteiger partial charge on any atom is -0.461 e. The van der Waals surface area contributed by atoms with Crippen LogP contribution in [0.5, 0.6) is 0 Å².